The Morgan fingerprint density at radius 2 is 1.78 bits per heavy atom. The van der Waals surface area contributed by atoms with Crippen LogP contribution in [0.5, 0.6) is 0 Å². The summed E-state index contributed by atoms with van der Waals surface area (Å²) in [5.41, 5.74) is 3.44. The highest BCUT2D eigenvalue weighted by atomic mass is 35.5. The van der Waals surface area contributed by atoms with Crippen molar-refractivity contribution in [2.75, 3.05) is 34.8 Å². The molecule has 5 nitrogen and oxygen atoms in total. The molecule has 3 rings (SSSR count). The third kappa shape index (κ3) is 4.80. The number of halogens is 1. The predicted molar refractivity (Wildman–Crippen MR) is 111 cm³/mol. The minimum atomic E-state index is -0.251. The van der Waals surface area contributed by atoms with E-state index in [2.05, 4.69) is 10.2 Å². The van der Waals surface area contributed by atoms with Gasteiger partial charge in [0.05, 0.1) is 0 Å². The van der Waals surface area contributed by atoms with Crippen molar-refractivity contribution in [3.8, 4) is 0 Å². The van der Waals surface area contributed by atoms with Gasteiger partial charge in [0.25, 0.3) is 0 Å². The Morgan fingerprint density at radius 3 is 2.37 bits per heavy atom. The Kier molecular flexibility index (Phi) is 6.01. The van der Waals surface area contributed by atoms with Gasteiger partial charge >= 0.3 is 0 Å². The first-order valence-electron chi connectivity index (χ1n) is 9.13. The number of hydrogen-bond acceptors (Lipinski definition) is 3. The number of hydrogen-bond donors (Lipinski definition) is 1. The summed E-state index contributed by atoms with van der Waals surface area (Å²) in [6, 6.07) is 13.1. The fourth-order valence-electron chi connectivity index (χ4n) is 3.30. The van der Waals surface area contributed by atoms with Crippen LogP contribution >= 0.6 is 11.6 Å². The Labute approximate surface area is 164 Å². The van der Waals surface area contributed by atoms with Gasteiger partial charge in [0.2, 0.25) is 11.8 Å². The minimum absolute atomic E-state index is 0.0412. The van der Waals surface area contributed by atoms with Crippen LogP contribution in [0.2, 0.25) is 5.02 Å². The molecule has 27 heavy (non-hydrogen) atoms. The summed E-state index contributed by atoms with van der Waals surface area (Å²) in [4.78, 5) is 28.4. The predicted octanol–water partition coefficient (Wildman–Crippen LogP) is 4.24. The third-order valence-electron chi connectivity index (χ3n) is 4.78. The van der Waals surface area contributed by atoms with Gasteiger partial charge in [0.15, 0.2) is 0 Å². The standard InChI is InChI=1S/C21H24ClN3O2/c1-15-13-17(22)5-10-20(15)23-21(27)14-25(16(2)26)19-8-6-18(7-9-19)24-11-3-4-12-24/h5-10,13H,3-4,11-12,14H2,1-2H3,(H,23,27). The third-order valence-corrected chi connectivity index (χ3v) is 5.01. The molecule has 6 heteroatoms. The molecule has 2 amide bonds. The largest absolute Gasteiger partial charge is 0.372 e. The maximum absolute atomic E-state index is 12.5. The molecular weight excluding hydrogens is 362 g/mol. The van der Waals surface area contributed by atoms with Gasteiger partial charge in [-0.2, -0.15) is 0 Å². The van der Waals surface area contributed by atoms with Crippen LogP contribution in [0.1, 0.15) is 25.3 Å². The lowest BCUT2D eigenvalue weighted by Crippen LogP contribution is -2.36. The van der Waals surface area contributed by atoms with E-state index in [0.29, 0.717) is 16.4 Å². The van der Waals surface area contributed by atoms with Crippen molar-refractivity contribution in [3.63, 3.8) is 0 Å². The Balaban J connectivity index is 1.69. The van der Waals surface area contributed by atoms with Crippen molar-refractivity contribution in [2.45, 2.75) is 26.7 Å². The van der Waals surface area contributed by atoms with Crippen LogP contribution in [-0.4, -0.2) is 31.4 Å². The monoisotopic (exact) mass is 385 g/mol. The zero-order valence-electron chi connectivity index (χ0n) is 15.7. The number of benzene rings is 2. The quantitative estimate of drug-likeness (QED) is 0.837. The van der Waals surface area contributed by atoms with E-state index in [9.17, 15) is 9.59 Å². The fraction of sp³-hybridized carbons (Fsp3) is 0.333. The highest BCUT2D eigenvalue weighted by molar-refractivity contribution is 6.30. The average molecular weight is 386 g/mol. The van der Waals surface area contributed by atoms with Crippen LogP contribution in [0, 0.1) is 6.92 Å². The lowest BCUT2D eigenvalue weighted by Gasteiger charge is -2.23. The molecule has 142 valence electrons. The number of rotatable bonds is 5. The molecule has 0 aromatic heterocycles. The van der Waals surface area contributed by atoms with E-state index in [1.807, 2.05) is 31.2 Å². The average Bonchev–Trinajstić information content (AvgIpc) is 3.17. The first-order valence-corrected chi connectivity index (χ1v) is 9.51. The number of aryl methyl sites for hydroxylation is 1. The number of nitrogens with zero attached hydrogens (tertiary/aromatic N) is 2. The SMILES string of the molecule is CC(=O)N(CC(=O)Nc1ccc(Cl)cc1C)c1ccc(N2CCCC2)cc1. The maximum atomic E-state index is 12.5. The van der Waals surface area contributed by atoms with E-state index in [-0.39, 0.29) is 18.4 Å². The fourth-order valence-corrected chi connectivity index (χ4v) is 3.53. The van der Waals surface area contributed by atoms with Crippen LogP contribution in [0.25, 0.3) is 0 Å². The molecular formula is C21H24ClN3O2. The molecule has 1 heterocycles. The molecule has 1 fully saturated rings. The Hall–Kier alpha value is -2.53. The van der Waals surface area contributed by atoms with Gasteiger partial charge in [-0.15, -0.1) is 0 Å². The van der Waals surface area contributed by atoms with Crippen LogP contribution in [0.4, 0.5) is 17.1 Å². The van der Waals surface area contributed by atoms with Gasteiger partial charge < -0.3 is 15.1 Å². The Morgan fingerprint density at radius 1 is 1.11 bits per heavy atom. The highest BCUT2D eigenvalue weighted by Crippen LogP contribution is 2.24. The van der Waals surface area contributed by atoms with E-state index in [4.69, 9.17) is 11.6 Å². The van der Waals surface area contributed by atoms with Crippen LogP contribution in [0.3, 0.4) is 0 Å². The number of carbonyl (C=O) groups excluding carboxylic acids is 2. The van der Waals surface area contributed by atoms with Crippen molar-refractivity contribution in [2.24, 2.45) is 0 Å². The summed E-state index contributed by atoms with van der Waals surface area (Å²) in [5, 5.41) is 3.47. The molecule has 0 bridgehead atoms. The van der Waals surface area contributed by atoms with Gasteiger partial charge in [-0.1, -0.05) is 11.6 Å². The molecule has 0 spiro atoms. The summed E-state index contributed by atoms with van der Waals surface area (Å²) in [6.07, 6.45) is 2.43. The second-order valence-electron chi connectivity index (χ2n) is 6.82. The zero-order chi connectivity index (χ0) is 19.4. The van der Waals surface area contributed by atoms with Gasteiger partial charge in [-0.25, -0.2) is 0 Å². The number of anilines is 3. The van der Waals surface area contributed by atoms with Crippen molar-refractivity contribution in [3.05, 3.63) is 53.1 Å². The van der Waals surface area contributed by atoms with E-state index in [0.717, 1.165) is 24.3 Å². The van der Waals surface area contributed by atoms with Crippen molar-refractivity contribution < 1.29 is 9.59 Å². The first-order chi connectivity index (χ1) is 12.9. The maximum Gasteiger partial charge on any atom is 0.244 e. The molecule has 0 atom stereocenters. The molecule has 1 aliphatic heterocycles. The van der Waals surface area contributed by atoms with Crippen LogP contribution < -0.4 is 15.1 Å². The second-order valence-corrected chi connectivity index (χ2v) is 7.26. The number of nitrogens with one attached hydrogen (secondary N) is 1. The summed E-state index contributed by atoms with van der Waals surface area (Å²) in [5.74, 6) is -0.425. The molecule has 0 radical (unpaired) electrons. The van der Waals surface area contributed by atoms with E-state index < -0.39 is 0 Å². The summed E-state index contributed by atoms with van der Waals surface area (Å²) in [7, 11) is 0. The van der Waals surface area contributed by atoms with Crippen molar-refractivity contribution in [1.82, 2.24) is 0 Å². The summed E-state index contributed by atoms with van der Waals surface area (Å²) < 4.78 is 0. The van der Waals surface area contributed by atoms with E-state index in [1.165, 1.54) is 24.7 Å². The van der Waals surface area contributed by atoms with Crippen molar-refractivity contribution in [1.29, 1.82) is 0 Å². The molecule has 1 aliphatic rings. The summed E-state index contributed by atoms with van der Waals surface area (Å²) >= 11 is 5.95. The lowest BCUT2D eigenvalue weighted by atomic mass is 10.2. The molecule has 1 N–H and O–H groups in total. The zero-order valence-corrected chi connectivity index (χ0v) is 16.4. The molecule has 1 saturated heterocycles. The highest BCUT2D eigenvalue weighted by Gasteiger charge is 2.18. The normalized spacial score (nSPS) is 13.5. The first kappa shape index (κ1) is 19.2. The van der Waals surface area contributed by atoms with Crippen molar-refractivity contribution >= 4 is 40.5 Å². The van der Waals surface area contributed by atoms with E-state index in [1.54, 1.807) is 18.2 Å². The van der Waals surface area contributed by atoms with Gasteiger partial charge in [0.1, 0.15) is 6.54 Å². The molecule has 0 saturated carbocycles. The van der Waals surface area contributed by atoms with Gasteiger partial charge in [0, 0.05) is 42.1 Å². The smallest absolute Gasteiger partial charge is 0.244 e. The van der Waals surface area contributed by atoms with Crippen LogP contribution in [0.15, 0.2) is 42.5 Å². The van der Waals surface area contributed by atoms with E-state index >= 15 is 0 Å². The second kappa shape index (κ2) is 8.44. The minimum Gasteiger partial charge on any atom is -0.372 e. The van der Waals surface area contributed by atoms with Crippen LogP contribution in [-0.2, 0) is 9.59 Å². The lowest BCUT2D eigenvalue weighted by molar-refractivity contribution is -0.120. The molecule has 0 aliphatic carbocycles. The molecule has 2 aromatic rings. The van der Waals surface area contributed by atoms with Gasteiger partial charge in [-0.05, 0) is 67.8 Å². The van der Waals surface area contributed by atoms with Gasteiger partial charge in [-0.3, -0.25) is 9.59 Å². The summed E-state index contributed by atoms with van der Waals surface area (Å²) in [6.45, 7) is 5.44. The molecule has 0 unspecified atom stereocenters. The number of carbonyl (C=O) groups is 2. The number of amides is 2. The Bertz CT molecular complexity index is 830. The topological polar surface area (TPSA) is 52.7 Å². The molecule has 2 aromatic carbocycles.